The lowest BCUT2D eigenvalue weighted by Crippen LogP contribution is -2.25. The maximum absolute atomic E-state index is 11.9. The Balaban J connectivity index is 1.84. The SMILES string of the molecule is N#CCc1ccc(C(=O)NCCc2ccccc2)cc1. The van der Waals surface area contributed by atoms with Gasteiger partial charge in [-0.2, -0.15) is 5.26 Å². The van der Waals surface area contributed by atoms with Gasteiger partial charge in [0.05, 0.1) is 12.5 Å². The molecular formula is C17H16N2O. The van der Waals surface area contributed by atoms with Crippen molar-refractivity contribution in [2.24, 2.45) is 0 Å². The highest BCUT2D eigenvalue weighted by molar-refractivity contribution is 5.94. The average Bonchev–Trinajstić information content (AvgIpc) is 2.49. The van der Waals surface area contributed by atoms with E-state index < -0.39 is 0 Å². The normalized spacial score (nSPS) is 9.75. The van der Waals surface area contributed by atoms with E-state index in [4.69, 9.17) is 5.26 Å². The Morgan fingerprint density at radius 1 is 1.00 bits per heavy atom. The van der Waals surface area contributed by atoms with E-state index in [0.29, 0.717) is 18.5 Å². The molecule has 1 N–H and O–H groups in total. The van der Waals surface area contributed by atoms with Crippen LogP contribution in [0.2, 0.25) is 0 Å². The molecule has 2 aromatic rings. The van der Waals surface area contributed by atoms with E-state index in [1.54, 1.807) is 12.1 Å². The quantitative estimate of drug-likeness (QED) is 0.902. The van der Waals surface area contributed by atoms with Crippen LogP contribution >= 0.6 is 0 Å². The van der Waals surface area contributed by atoms with Crippen molar-refractivity contribution in [2.75, 3.05) is 6.54 Å². The van der Waals surface area contributed by atoms with Crippen LogP contribution in [-0.2, 0) is 12.8 Å². The number of benzene rings is 2. The van der Waals surface area contributed by atoms with E-state index in [2.05, 4.69) is 11.4 Å². The zero-order chi connectivity index (χ0) is 14.2. The number of hydrogen-bond donors (Lipinski definition) is 1. The summed E-state index contributed by atoms with van der Waals surface area (Å²) >= 11 is 0. The summed E-state index contributed by atoms with van der Waals surface area (Å²) in [4.78, 5) is 11.9. The lowest BCUT2D eigenvalue weighted by Gasteiger charge is -2.06. The van der Waals surface area contributed by atoms with Crippen LogP contribution in [0.3, 0.4) is 0 Å². The summed E-state index contributed by atoms with van der Waals surface area (Å²) in [6.07, 6.45) is 1.19. The summed E-state index contributed by atoms with van der Waals surface area (Å²) in [6.45, 7) is 0.614. The predicted octanol–water partition coefficient (Wildman–Crippen LogP) is 2.73. The topological polar surface area (TPSA) is 52.9 Å². The molecule has 0 atom stereocenters. The molecule has 0 fully saturated rings. The first-order valence-corrected chi connectivity index (χ1v) is 6.57. The maximum atomic E-state index is 11.9. The number of rotatable bonds is 5. The number of hydrogen-bond acceptors (Lipinski definition) is 2. The molecule has 0 aliphatic heterocycles. The van der Waals surface area contributed by atoms with Crippen molar-refractivity contribution in [3.63, 3.8) is 0 Å². The molecule has 0 aliphatic carbocycles. The van der Waals surface area contributed by atoms with Gasteiger partial charge < -0.3 is 5.32 Å². The predicted molar refractivity (Wildman–Crippen MR) is 78.2 cm³/mol. The van der Waals surface area contributed by atoms with E-state index in [1.165, 1.54) is 5.56 Å². The number of carbonyl (C=O) groups is 1. The summed E-state index contributed by atoms with van der Waals surface area (Å²) in [5.41, 5.74) is 2.75. The van der Waals surface area contributed by atoms with Gasteiger partial charge in [-0.1, -0.05) is 42.5 Å². The summed E-state index contributed by atoms with van der Waals surface area (Å²) in [5, 5.41) is 11.5. The second-order valence-electron chi connectivity index (χ2n) is 4.52. The Hall–Kier alpha value is -2.60. The molecule has 0 radical (unpaired) electrons. The zero-order valence-corrected chi connectivity index (χ0v) is 11.2. The molecule has 20 heavy (non-hydrogen) atoms. The van der Waals surface area contributed by atoms with Crippen LogP contribution < -0.4 is 5.32 Å². The molecule has 3 heteroatoms. The number of carbonyl (C=O) groups excluding carboxylic acids is 1. The number of nitrogens with one attached hydrogen (secondary N) is 1. The van der Waals surface area contributed by atoms with Crippen molar-refractivity contribution in [1.82, 2.24) is 5.32 Å². The van der Waals surface area contributed by atoms with Gasteiger partial charge in [0.2, 0.25) is 0 Å². The lowest BCUT2D eigenvalue weighted by molar-refractivity contribution is 0.0954. The van der Waals surface area contributed by atoms with E-state index in [9.17, 15) is 4.79 Å². The Kier molecular flexibility index (Phi) is 4.91. The Morgan fingerprint density at radius 3 is 2.35 bits per heavy atom. The first-order chi connectivity index (χ1) is 9.79. The Morgan fingerprint density at radius 2 is 1.70 bits per heavy atom. The summed E-state index contributed by atoms with van der Waals surface area (Å²) in [6, 6.07) is 19.3. The number of amides is 1. The minimum Gasteiger partial charge on any atom is -0.352 e. The van der Waals surface area contributed by atoms with Gasteiger partial charge >= 0.3 is 0 Å². The first-order valence-electron chi connectivity index (χ1n) is 6.57. The highest BCUT2D eigenvalue weighted by Crippen LogP contribution is 2.05. The third-order valence-corrected chi connectivity index (χ3v) is 3.04. The highest BCUT2D eigenvalue weighted by atomic mass is 16.1. The van der Waals surface area contributed by atoms with E-state index in [0.717, 1.165) is 12.0 Å². The molecule has 0 unspecified atom stereocenters. The fourth-order valence-corrected chi connectivity index (χ4v) is 1.93. The van der Waals surface area contributed by atoms with Gasteiger partial charge in [-0.15, -0.1) is 0 Å². The fraction of sp³-hybridized carbons (Fsp3) is 0.176. The van der Waals surface area contributed by atoms with E-state index in [-0.39, 0.29) is 5.91 Å². The fourth-order valence-electron chi connectivity index (χ4n) is 1.93. The Bertz CT molecular complexity index is 597. The Labute approximate surface area is 118 Å². The summed E-state index contributed by atoms with van der Waals surface area (Å²) in [5.74, 6) is -0.0792. The van der Waals surface area contributed by atoms with Crippen molar-refractivity contribution >= 4 is 5.91 Å². The average molecular weight is 264 g/mol. The van der Waals surface area contributed by atoms with Gasteiger partial charge in [-0.05, 0) is 29.7 Å². The number of nitriles is 1. The molecule has 0 saturated heterocycles. The van der Waals surface area contributed by atoms with E-state index in [1.807, 2.05) is 42.5 Å². The van der Waals surface area contributed by atoms with Crippen molar-refractivity contribution in [2.45, 2.75) is 12.8 Å². The van der Waals surface area contributed by atoms with Crippen LogP contribution in [-0.4, -0.2) is 12.5 Å². The molecule has 3 nitrogen and oxygen atoms in total. The lowest BCUT2D eigenvalue weighted by atomic mass is 10.1. The minimum atomic E-state index is -0.0792. The molecule has 2 aromatic carbocycles. The summed E-state index contributed by atoms with van der Waals surface area (Å²) in [7, 11) is 0. The molecule has 0 aliphatic rings. The van der Waals surface area contributed by atoms with Gasteiger partial charge in [0.1, 0.15) is 0 Å². The number of nitrogens with zero attached hydrogens (tertiary/aromatic N) is 1. The first kappa shape index (κ1) is 13.8. The third kappa shape index (κ3) is 3.96. The van der Waals surface area contributed by atoms with Crippen LogP contribution in [0.15, 0.2) is 54.6 Å². The van der Waals surface area contributed by atoms with Gasteiger partial charge in [0.15, 0.2) is 0 Å². The van der Waals surface area contributed by atoms with Gasteiger partial charge in [-0.25, -0.2) is 0 Å². The third-order valence-electron chi connectivity index (χ3n) is 3.04. The molecule has 0 heterocycles. The molecule has 100 valence electrons. The van der Waals surface area contributed by atoms with Crippen molar-refractivity contribution < 1.29 is 4.79 Å². The molecule has 0 saturated carbocycles. The van der Waals surface area contributed by atoms with Crippen LogP contribution in [0.4, 0.5) is 0 Å². The van der Waals surface area contributed by atoms with Crippen molar-refractivity contribution in [3.8, 4) is 6.07 Å². The zero-order valence-electron chi connectivity index (χ0n) is 11.2. The standard InChI is InChI=1S/C17H16N2O/c18-12-10-15-6-8-16(9-7-15)17(20)19-13-11-14-4-2-1-3-5-14/h1-9H,10-11,13H2,(H,19,20). The monoisotopic (exact) mass is 264 g/mol. The molecule has 0 spiro atoms. The molecule has 2 rings (SSSR count). The maximum Gasteiger partial charge on any atom is 0.251 e. The minimum absolute atomic E-state index is 0.0792. The summed E-state index contributed by atoms with van der Waals surface area (Å²) < 4.78 is 0. The van der Waals surface area contributed by atoms with Gasteiger partial charge in [-0.3, -0.25) is 4.79 Å². The second kappa shape index (κ2) is 7.10. The van der Waals surface area contributed by atoms with Crippen LogP contribution in [0.25, 0.3) is 0 Å². The molecular weight excluding hydrogens is 248 g/mol. The van der Waals surface area contributed by atoms with Crippen LogP contribution in [0.1, 0.15) is 21.5 Å². The smallest absolute Gasteiger partial charge is 0.251 e. The van der Waals surface area contributed by atoms with Crippen LogP contribution in [0, 0.1) is 11.3 Å². The molecule has 1 amide bonds. The van der Waals surface area contributed by atoms with Crippen LogP contribution in [0.5, 0.6) is 0 Å². The van der Waals surface area contributed by atoms with Crippen molar-refractivity contribution in [1.29, 1.82) is 5.26 Å². The second-order valence-corrected chi connectivity index (χ2v) is 4.52. The highest BCUT2D eigenvalue weighted by Gasteiger charge is 2.04. The molecule has 0 bridgehead atoms. The molecule has 0 aromatic heterocycles. The largest absolute Gasteiger partial charge is 0.352 e. The van der Waals surface area contributed by atoms with Crippen molar-refractivity contribution in [3.05, 3.63) is 71.3 Å². The van der Waals surface area contributed by atoms with E-state index >= 15 is 0 Å². The van der Waals surface area contributed by atoms with Gasteiger partial charge in [0.25, 0.3) is 5.91 Å². The van der Waals surface area contributed by atoms with Gasteiger partial charge in [0, 0.05) is 12.1 Å².